The zero-order valence-corrected chi connectivity index (χ0v) is 12.9. The van der Waals surface area contributed by atoms with Gasteiger partial charge in [-0.15, -0.1) is 0 Å². The van der Waals surface area contributed by atoms with Gasteiger partial charge in [-0.3, -0.25) is 10.2 Å². The largest absolute Gasteiger partial charge is 0.487 e. The Morgan fingerprint density at radius 1 is 1.50 bits per heavy atom. The van der Waals surface area contributed by atoms with Crippen LogP contribution in [0.25, 0.3) is 0 Å². The van der Waals surface area contributed by atoms with Crippen LogP contribution in [0.5, 0.6) is 5.75 Å². The summed E-state index contributed by atoms with van der Waals surface area (Å²) in [5.74, 6) is 6.60. The fourth-order valence-corrected chi connectivity index (χ4v) is 3.05. The summed E-state index contributed by atoms with van der Waals surface area (Å²) in [5.41, 5.74) is 2.06. The molecule has 0 aliphatic carbocycles. The number of ether oxygens (including phenoxy) is 1. The van der Waals surface area contributed by atoms with Crippen LogP contribution in [0, 0.1) is 5.41 Å². The fraction of sp³-hybridized carbons (Fsp3) is 0.562. The number of hydrogen-bond donors (Lipinski definition) is 4. The molecular formula is C16H24N4O2. The molecule has 0 spiro atoms. The van der Waals surface area contributed by atoms with Gasteiger partial charge in [0, 0.05) is 18.2 Å². The molecule has 120 valence electrons. The molecule has 0 radical (unpaired) electrons. The first kappa shape index (κ1) is 15.3. The predicted octanol–water partition coefficient (Wildman–Crippen LogP) is 0.936. The highest BCUT2D eigenvalue weighted by Gasteiger charge is 2.26. The third-order valence-corrected chi connectivity index (χ3v) is 4.47. The van der Waals surface area contributed by atoms with Gasteiger partial charge in [0.05, 0.1) is 0 Å². The summed E-state index contributed by atoms with van der Waals surface area (Å²) in [7, 11) is 0. The minimum Gasteiger partial charge on any atom is -0.487 e. The van der Waals surface area contributed by atoms with Gasteiger partial charge < -0.3 is 15.4 Å². The maximum Gasteiger partial charge on any atom is 0.127 e. The minimum atomic E-state index is -0.123. The smallest absolute Gasteiger partial charge is 0.127 e. The van der Waals surface area contributed by atoms with Crippen molar-refractivity contribution in [1.82, 2.24) is 10.6 Å². The first-order valence-electron chi connectivity index (χ1n) is 7.88. The quantitative estimate of drug-likeness (QED) is 0.377. The highest BCUT2D eigenvalue weighted by Crippen LogP contribution is 2.30. The van der Waals surface area contributed by atoms with Gasteiger partial charge in [-0.25, -0.2) is 5.90 Å². The minimum absolute atomic E-state index is 0.00881. The molecule has 0 aromatic heterocycles. The van der Waals surface area contributed by atoms with E-state index in [0.717, 1.165) is 49.2 Å². The molecule has 0 unspecified atom stereocenters. The lowest BCUT2D eigenvalue weighted by molar-refractivity contribution is -0.0238. The van der Waals surface area contributed by atoms with E-state index >= 15 is 0 Å². The molecule has 1 aromatic carbocycles. The summed E-state index contributed by atoms with van der Waals surface area (Å²) in [6.07, 6.45) is 2.73. The second-order valence-electron chi connectivity index (χ2n) is 6.07. The van der Waals surface area contributed by atoms with Crippen molar-refractivity contribution >= 4 is 5.84 Å². The lowest BCUT2D eigenvalue weighted by Crippen LogP contribution is -2.37. The van der Waals surface area contributed by atoms with Gasteiger partial charge in [0.2, 0.25) is 0 Å². The Labute approximate surface area is 130 Å². The van der Waals surface area contributed by atoms with E-state index in [0.29, 0.717) is 11.9 Å². The molecule has 1 aromatic rings. The average molecular weight is 304 g/mol. The maximum atomic E-state index is 8.23. The lowest BCUT2D eigenvalue weighted by Gasteiger charge is -2.29. The monoisotopic (exact) mass is 304 g/mol. The standard InChI is InChI=1S/C16H24N4O2/c1-10(22-18)14-4-2-11-8-12(3-5-15(11)21-14)16(17)20-13-6-7-19-9-13/h3,5,8,10,13-14,19H,2,4,6-7,9,18H2,1H3,(H2,17,20)/t10-,13-,14+/m0/s1. The van der Waals surface area contributed by atoms with E-state index in [1.807, 2.05) is 19.1 Å². The Hall–Kier alpha value is -1.63. The lowest BCUT2D eigenvalue weighted by atomic mass is 9.97. The Morgan fingerprint density at radius 2 is 2.36 bits per heavy atom. The number of rotatable bonds is 4. The molecule has 3 rings (SSSR count). The molecule has 2 heterocycles. The van der Waals surface area contributed by atoms with Crippen LogP contribution in [0.15, 0.2) is 18.2 Å². The van der Waals surface area contributed by atoms with E-state index in [1.165, 1.54) is 0 Å². The first-order valence-corrected chi connectivity index (χ1v) is 7.88. The molecule has 0 saturated carbocycles. The summed E-state index contributed by atoms with van der Waals surface area (Å²) in [5, 5.41) is 14.8. The third-order valence-electron chi connectivity index (χ3n) is 4.47. The molecule has 1 fully saturated rings. The molecule has 0 bridgehead atoms. The van der Waals surface area contributed by atoms with Crippen LogP contribution >= 0.6 is 0 Å². The van der Waals surface area contributed by atoms with Crippen molar-refractivity contribution in [2.75, 3.05) is 13.1 Å². The molecular weight excluding hydrogens is 280 g/mol. The van der Waals surface area contributed by atoms with Gasteiger partial charge in [0.15, 0.2) is 0 Å². The van der Waals surface area contributed by atoms with Crippen molar-refractivity contribution in [2.24, 2.45) is 5.90 Å². The van der Waals surface area contributed by atoms with Crippen molar-refractivity contribution in [3.8, 4) is 5.75 Å². The van der Waals surface area contributed by atoms with Crippen LogP contribution < -0.4 is 21.3 Å². The van der Waals surface area contributed by atoms with Gasteiger partial charge in [-0.1, -0.05) is 0 Å². The summed E-state index contributed by atoms with van der Waals surface area (Å²) < 4.78 is 5.95. The number of amidine groups is 1. The summed E-state index contributed by atoms with van der Waals surface area (Å²) >= 11 is 0. The summed E-state index contributed by atoms with van der Waals surface area (Å²) in [6.45, 7) is 3.86. The number of benzene rings is 1. The molecule has 6 nitrogen and oxygen atoms in total. The molecule has 22 heavy (non-hydrogen) atoms. The normalized spacial score (nSPS) is 25.2. The maximum absolute atomic E-state index is 8.23. The zero-order chi connectivity index (χ0) is 15.5. The highest BCUT2D eigenvalue weighted by atomic mass is 16.6. The Morgan fingerprint density at radius 3 is 3.09 bits per heavy atom. The Balaban J connectivity index is 1.68. The van der Waals surface area contributed by atoms with E-state index < -0.39 is 0 Å². The average Bonchev–Trinajstić information content (AvgIpc) is 3.06. The van der Waals surface area contributed by atoms with Crippen LogP contribution in [0.4, 0.5) is 0 Å². The van der Waals surface area contributed by atoms with Gasteiger partial charge in [0.25, 0.3) is 0 Å². The summed E-state index contributed by atoms with van der Waals surface area (Å²) in [6, 6.07) is 6.29. The van der Waals surface area contributed by atoms with Gasteiger partial charge in [-0.05, 0) is 56.5 Å². The van der Waals surface area contributed by atoms with E-state index in [2.05, 4.69) is 16.7 Å². The van der Waals surface area contributed by atoms with E-state index in [1.54, 1.807) is 0 Å². The number of aryl methyl sites for hydroxylation is 1. The van der Waals surface area contributed by atoms with E-state index in [-0.39, 0.29) is 12.2 Å². The number of nitrogens with two attached hydrogens (primary N) is 1. The van der Waals surface area contributed by atoms with Crippen molar-refractivity contribution in [1.29, 1.82) is 5.41 Å². The second-order valence-corrected chi connectivity index (χ2v) is 6.07. The van der Waals surface area contributed by atoms with Crippen molar-refractivity contribution in [3.63, 3.8) is 0 Å². The van der Waals surface area contributed by atoms with Gasteiger partial charge >= 0.3 is 0 Å². The van der Waals surface area contributed by atoms with Gasteiger partial charge in [-0.2, -0.15) is 0 Å². The van der Waals surface area contributed by atoms with Crippen LogP contribution in [-0.4, -0.2) is 37.2 Å². The molecule has 2 aliphatic heterocycles. The molecule has 6 heteroatoms. The molecule has 0 amide bonds. The van der Waals surface area contributed by atoms with Crippen LogP contribution in [0.1, 0.15) is 30.9 Å². The first-order chi connectivity index (χ1) is 10.7. The Bertz CT molecular complexity index is 543. The number of hydrogen-bond acceptors (Lipinski definition) is 5. The molecule has 3 atom stereocenters. The van der Waals surface area contributed by atoms with Crippen molar-refractivity contribution in [3.05, 3.63) is 29.3 Å². The van der Waals surface area contributed by atoms with Crippen LogP contribution in [0.2, 0.25) is 0 Å². The van der Waals surface area contributed by atoms with Gasteiger partial charge in [0.1, 0.15) is 23.8 Å². The Kier molecular flexibility index (Phi) is 4.61. The second kappa shape index (κ2) is 6.64. The fourth-order valence-electron chi connectivity index (χ4n) is 3.05. The van der Waals surface area contributed by atoms with E-state index in [9.17, 15) is 0 Å². The van der Waals surface area contributed by atoms with Crippen LogP contribution in [-0.2, 0) is 11.3 Å². The van der Waals surface area contributed by atoms with Crippen molar-refractivity contribution < 1.29 is 9.57 Å². The SMILES string of the molecule is C[C@H](ON)[C@H]1CCc2cc(C(=N)N[C@H]3CCNC3)ccc2O1. The third kappa shape index (κ3) is 3.24. The molecule has 2 aliphatic rings. The predicted molar refractivity (Wildman–Crippen MR) is 85.2 cm³/mol. The molecule has 5 N–H and O–H groups in total. The van der Waals surface area contributed by atoms with Crippen LogP contribution in [0.3, 0.4) is 0 Å². The van der Waals surface area contributed by atoms with E-state index in [4.69, 9.17) is 20.9 Å². The summed E-state index contributed by atoms with van der Waals surface area (Å²) in [4.78, 5) is 4.87. The zero-order valence-electron chi connectivity index (χ0n) is 12.9. The molecule has 1 saturated heterocycles. The highest BCUT2D eigenvalue weighted by molar-refractivity contribution is 5.96. The topological polar surface area (TPSA) is 92.4 Å². The number of fused-ring (bicyclic) bond motifs is 1. The van der Waals surface area contributed by atoms with Crippen molar-refractivity contribution in [2.45, 2.75) is 44.4 Å². The number of nitrogens with one attached hydrogen (secondary N) is 3.